The molecule has 3 aromatic rings. The molecule has 0 aliphatic rings. The van der Waals surface area contributed by atoms with Gasteiger partial charge in [0.25, 0.3) is 5.91 Å². The summed E-state index contributed by atoms with van der Waals surface area (Å²) in [5.41, 5.74) is 6.82. The van der Waals surface area contributed by atoms with Crippen molar-refractivity contribution in [1.29, 1.82) is 0 Å². The van der Waals surface area contributed by atoms with E-state index in [-0.39, 0.29) is 16.0 Å². The van der Waals surface area contributed by atoms with E-state index in [1.165, 1.54) is 10.9 Å². The van der Waals surface area contributed by atoms with Crippen LogP contribution >= 0.6 is 0 Å². The molecule has 0 bridgehead atoms. The Morgan fingerprint density at radius 1 is 1.46 bits per heavy atom. The number of carbonyl (C=O) groups excluding carboxylic acids is 1. The van der Waals surface area contributed by atoms with Gasteiger partial charge in [0.1, 0.15) is 5.52 Å². The number of aromatic nitrogens is 3. The predicted molar refractivity (Wildman–Crippen MR) is 89.1 cm³/mol. The molecule has 0 aliphatic heterocycles. The lowest BCUT2D eigenvalue weighted by molar-refractivity contribution is 0.0999. The quantitative estimate of drug-likeness (QED) is 0.782. The lowest BCUT2D eigenvalue weighted by Crippen LogP contribution is -2.16. The Hall–Kier alpha value is -2.61. The average Bonchev–Trinajstić information content (AvgIpc) is 2.95. The van der Waals surface area contributed by atoms with Crippen molar-refractivity contribution >= 4 is 27.6 Å². The molecular formula is C16H15FN4O2S. The summed E-state index contributed by atoms with van der Waals surface area (Å²) in [5, 5.41) is 4.60. The number of hydrogen-bond donors (Lipinski definition) is 1. The first-order chi connectivity index (χ1) is 11.5. The Labute approximate surface area is 139 Å². The third-order valence-corrected chi connectivity index (χ3v) is 4.68. The van der Waals surface area contributed by atoms with Gasteiger partial charge in [0.05, 0.1) is 38.8 Å². The van der Waals surface area contributed by atoms with E-state index in [1.807, 2.05) is 6.92 Å². The molecule has 0 radical (unpaired) electrons. The van der Waals surface area contributed by atoms with E-state index >= 15 is 0 Å². The number of nitrogens with zero attached hydrogens (tertiary/aromatic N) is 3. The molecule has 24 heavy (non-hydrogen) atoms. The standard InChI is InChI=1S/C16H15FN4O2S/c1-3-11-13-14(16(18)22)12(24(2)23)7-10(17)15(13)20-21(11)9-5-4-6-19-8-9/h4-8H,3H2,1-2H3,(H2,18,22). The molecule has 124 valence electrons. The highest BCUT2D eigenvalue weighted by Crippen LogP contribution is 2.31. The van der Waals surface area contributed by atoms with Gasteiger partial charge in [-0.3, -0.25) is 14.0 Å². The number of fused-ring (bicyclic) bond motifs is 1. The fourth-order valence-corrected chi connectivity index (χ4v) is 3.51. The van der Waals surface area contributed by atoms with Gasteiger partial charge in [0.2, 0.25) is 0 Å². The lowest BCUT2D eigenvalue weighted by atomic mass is 10.1. The van der Waals surface area contributed by atoms with Crippen LogP contribution in [0.4, 0.5) is 4.39 Å². The Balaban J connectivity index is 2.49. The van der Waals surface area contributed by atoms with Gasteiger partial charge in [0, 0.05) is 17.8 Å². The van der Waals surface area contributed by atoms with Crippen molar-refractivity contribution in [2.75, 3.05) is 6.26 Å². The fraction of sp³-hybridized carbons (Fsp3) is 0.188. The molecule has 1 aromatic carbocycles. The van der Waals surface area contributed by atoms with Gasteiger partial charge in [0.15, 0.2) is 5.82 Å². The Kier molecular flexibility index (Phi) is 4.15. The highest BCUT2D eigenvalue weighted by molar-refractivity contribution is 7.84. The van der Waals surface area contributed by atoms with Gasteiger partial charge in [-0.2, -0.15) is 5.10 Å². The van der Waals surface area contributed by atoms with Crippen LogP contribution in [0.1, 0.15) is 23.0 Å². The van der Waals surface area contributed by atoms with Gasteiger partial charge in [-0.1, -0.05) is 6.92 Å². The summed E-state index contributed by atoms with van der Waals surface area (Å²) in [4.78, 5) is 16.1. The second-order valence-corrected chi connectivity index (χ2v) is 6.54. The van der Waals surface area contributed by atoms with E-state index < -0.39 is 22.5 Å². The maximum Gasteiger partial charge on any atom is 0.250 e. The van der Waals surface area contributed by atoms with E-state index in [4.69, 9.17) is 5.73 Å². The highest BCUT2D eigenvalue weighted by Gasteiger charge is 2.25. The molecule has 2 heterocycles. The summed E-state index contributed by atoms with van der Waals surface area (Å²) < 4.78 is 28.0. The lowest BCUT2D eigenvalue weighted by Gasteiger charge is -2.08. The van der Waals surface area contributed by atoms with E-state index in [0.29, 0.717) is 23.2 Å². The third kappa shape index (κ3) is 2.48. The molecule has 6 nitrogen and oxygen atoms in total. The van der Waals surface area contributed by atoms with Crippen LogP contribution in [0.15, 0.2) is 35.5 Å². The van der Waals surface area contributed by atoms with Crippen molar-refractivity contribution in [3.8, 4) is 5.69 Å². The summed E-state index contributed by atoms with van der Waals surface area (Å²) in [6.07, 6.45) is 5.06. The maximum atomic E-state index is 14.5. The van der Waals surface area contributed by atoms with Gasteiger partial charge >= 0.3 is 0 Å². The zero-order valence-electron chi connectivity index (χ0n) is 13.1. The SMILES string of the molecule is CCc1c2c(C(N)=O)c(S(C)=O)cc(F)c2nn1-c1cccnc1. The van der Waals surface area contributed by atoms with Crippen molar-refractivity contribution < 1.29 is 13.4 Å². The van der Waals surface area contributed by atoms with Crippen LogP contribution in [-0.2, 0) is 17.2 Å². The van der Waals surface area contributed by atoms with Gasteiger partial charge < -0.3 is 5.73 Å². The van der Waals surface area contributed by atoms with Crippen LogP contribution in [-0.4, -0.2) is 31.1 Å². The first kappa shape index (κ1) is 16.3. The number of nitrogens with two attached hydrogens (primary N) is 1. The van der Waals surface area contributed by atoms with Crippen LogP contribution in [0, 0.1) is 5.82 Å². The molecule has 2 N–H and O–H groups in total. The molecule has 2 aromatic heterocycles. The zero-order chi connectivity index (χ0) is 17.4. The summed E-state index contributed by atoms with van der Waals surface area (Å²) in [6.45, 7) is 1.86. The second-order valence-electron chi connectivity index (χ2n) is 5.20. The summed E-state index contributed by atoms with van der Waals surface area (Å²) >= 11 is 0. The van der Waals surface area contributed by atoms with E-state index in [2.05, 4.69) is 10.1 Å². The summed E-state index contributed by atoms with van der Waals surface area (Å²) in [6, 6.07) is 4.58. The molecular weight excluding hydrogens is 331 g/mol. The topological polar surface area (TPSA) is 90.9 Å². The molecule has 1 atom stereocenters. The first-order valence-electron chi connectivity index (χ1n) is 7.23. The van der Waals surface area contributed by atoms with Gasteiger partial charge in [-0.05, 0) is 24.6 Å². The van der Waals surface area contributed by atoms with Crippen molar-refractivity contribution in [2.45, 2.75) is 18.2 Å². The van der Waals surface area contributed by atoms with Crippen LogP contribution < -0.4 is 5.73 Å². The number of hydrogen-bond acceptors (Lipinski definition) is 4. The molecule has 8 heteroatoms. The number of rotatable bonds is 4. The van der Waals surface area contributed by atoms with Crippen LogP contribution in [0.2, 0.25) is 0 Å². The minimum absolute atomic E-state index is 0.0266. The molecule has 0 saturated carbocycles. The molecule has 1 unspecified atom stereocenters. The van der Waals surface area contributed by atoms with Gasteiger partial charge in [-0.25, -0.2) is 9.07 Å². The van der Waals surface area contributed by atoms with Crippen LogP contribution in [0.3, 0.4) is 0 Å². The molecule has 3 rings (SSSR count). The smallest absolute Gasteiger partial charge is 0.250 e. The minimum atomic E-state index is -1.56. The Morgan fingerprint density at radius 2 is 2.21 bits per heavy atom. The Bertz CT molecular complexity index is 969. The van der Waals surface area contributed by atoms with Crippen molar-refractivity contribution in [3.63, 3.8) is 0 Å². The number of pyridine rings is 1. The second kappa shape index (κ2) is 6.12. The van der Waals surface area contributed by atoms with E-state index in [1.54, 1.807) is 24.5 Å². The van der Waals surface area contributed by atoms with E-state index in [0.717, 1.165) is 6.07 Å². The third-order valence-electron chi connectivity index (χ3n) is 3.74. The zero-order valence-corrected chi connectivity index (χ0v) is 13.9. The number of halogens is 1. The molecule has 0 aliphatic carbocycles. The summed E-state index contributed by atoms with van der Waals surface area (Å²) in [5.74, 6) is -1.40. The van der Waals surface area contributed by atoms with Crippen molar-refractivity contribution in [2.24, 2.45) is 5.73 Å². The number of aryl methyl sites for hydroxylation is 1. The molecule has 0 spiro atoms. The number of primary amides is 1. The number of amides is 1. The van der Waals surface area contributed by atoms with Crippen LogP contribution in [0.5, 0.6) is 0 Å². The van der Waals surface area contributed by atoms with Crippen molar-refractivity contribution in [3.05, 3.63) is 47.7 Å². The number of benzene rings is 1. The molecule has 0 fully saturated rings. The Morgan fingerprint density at radius 3 is 2.75 bits per heavy atom. The van der Waals surface area contributed by atoms with Crippen LogP contribution in [0.25, 0.3) is 16.6 Å². The van der Waals surface area contributed by atoms with E-state index in [9.17, 15) is 13.4 Å². The first-order valence-corrected chi connectivity index (χ1v) is 8.79. The molecule has 0 saturated heterocycles. The van der Waals surface area contributed by atoms with Crippen molar-refractivity contribution in [1.82, 2.24) is 14.8 Å². The number of carbonyl (C=O) groups is 1. The monoisotopic (exact) mass is 346 g/mol. The largest absolute Gasteiger partial charge is 0.366 e. The fourth-order valence-electron chi connectivity index (χ4n) is 2.75. The summed E-state index contributed by atoms with van der Waals surface area (Å²) in [7, 11) is -1.56. The normalized spacial score (nSPS) is 12.5. The maximum absolute atomic E-state index is 14.5. The minimum Gasteiger partial charge on any atom is -0.366 e. The molecule has 1 amide bonds. The predicted octanol–water partition coefficient (Wildman–Crippen LogP) is 1.96. The highest BCUT2D eigenvalue weighted by atomic mass is 32.2. The van der Waals surface area contributed by atoms with Gasteiger partial charge in [-0.15, -0.1) is 0 Å². The average molecular weight is 346 g/mol.